The molecule has 0 saturated carbocycles. The number of halogens is 2. The summed E-state index contributed by atoms with van der Waals surface area (Å²) in [6.07, 6.45) is 5.47. The zero-order chi connectivity index (χ0) is 27.8. The number of benzene rings is 2. The van der Waals surface area contributed by atoms with Crippen LogP contribution in [0.3, 0.4) is 0 Å². The van der Waals surface area contributed by atoms with Crippen LogP contribution in [-0.2, 0) is 20.1 Å². The van der Waals surface area contributed by atoms with Gasteiger partial charge in [-0.3, -0.25) is 4.79 Å². The molecule has 1 aromatic heterocycles. The maximum atomic E-state index is 14.4. The number of rotatable bonds is 3. The van der Waals surface area contributed by atoms with Crippen LogP contribution in [0.1, 0.15) is 23.7 Å². The summed E-state index contributed by atoms with van der Waals surface area (Å²) in [6.45, 7) is 4.75. The number of morpholine rings is 1. The van der Waals surface area contributed by atoms with Gasteiger partial charge in [0.05, 0.1) is 51.0 Å². The van der Waals surface area contributed by atoms with Crippen LogP contribution in [0.5, 0.6) is 5.75 Å². The van der Waals surface area contributed by atoms with Gasteiger partial charge < -0.3 is 34.0 Å². The highest BCUT2D eigenvalue weighted by Gasteiger charge is 2.61. The lowest BCUT2D eigenvalue weighted by molar-refractivity contribution is -0.176. The molecule has 7 rings (SSSR count). The molecule has 2 saturated heterocycles. The van der Waals surface area contributed by atoms with E-state index < -0.39 is 23.0 Å². The normalized spacial score (nSPS) is 22.8. The molecule has 12 heteroatoms. The van der Waals surface area contributed by atoms with Crippen LogP contribution < -0.4 is 10.1 Å². The smallest absolute Gasteiger partial charge is 0.256 e. The summed E-state index contributed by atoms with van der Waals surface area (Å²) in [5.41, 5.74) is 1.47. The number of oxime groups is 1. The van der Waals surface area contributed by atoms with Crippen molar-refractivity contribution in [1.82, 2.24) is 19.4 Å². The van der Waals surface area contributed by atoms with E-state index in [-0.39, 0.29) is 12.5 Å². The second-order valence-electron chi connectivity index (χ2n) is 10.6. The molecular formula is C28H26F2N6O4. The number of hydrogen-bond donors (Lipinski definition) is 1. The molecule has 0 aliphatic carbocycles. The van der Waals surface area contributed by atoms with Crippen molar-refractivity contribution in [1.29, 1.82) is 0 Å². The molecule has 5 heterocycles. The van der Waals surface area contributed by atoms with Gasteiger partial charge in [-0.25, -0.2) is 13.8 Å². The molecule has 2 fully saturated rings. The minimum atomic E-state index is -1.19. The summed E-state index contributed by atoms with van der Waals surface area (Å²) < 4.78 is 42.5. The third-order valence-electron chi connectivity index (χ3n) is 7.86. The average molecular weight is 549 g/mol. The highest BCUT2D eigenvalue weighted by molar-refractivity contribution is 6.02. The number of aromatic nitrogens is 2. The predicted octanol–water partition coefficient (Wildman–Crippen LogP) is 3.36. The maximum absolute atomic E-state index is 14.4. The van der Waals surface area contributed by atoms with Gasteiger partial charge in [0.25, 0.3) is 5.72 Å². The quantitative estimate of drug-likeness (QED) is 0.537. The number of fused-ring (bicyclic) bond motifs is 4. The minimum absolute atomic E-state index is 0.0490. The predicted molar refractivity (Wildman–Crippen MR) is 141 cm³/mol. The van der Waals surface area contributed by atoms with Crippen molar-refractivity contribution in [3.63, 3.8) is 0 Å². The van der Waals surface area contributed by atoms with Gasteiger partial charge in [-0.1, -0.05) is 11.2 Å². The van der Waals surface area contributed by atoms with Crippen LogP contribution in [0.4, 0.5) is 14.5 Å². The summed E-state index contributed by atoms with van der Waals surface area (Å²) in [6, 6.07) is 8.01. The van der Waals surface area contributed by atoms with Crippen LogP contribution in [-0.4, -0.2) is 70.0 Å². The van der Waals surface area contributed by atoms with E-state index in [2.05, 4.69) is 15.5 Å². The van der Waals surface area contributed by atoms with Crippen molar-refractivity contribution in [3.05, 3.63) is 77.1 Å². The molecule has 3 aromatic rings. The fraction of sp³-hybridized carbons (Fsp3) is 0.321. The topological polar surface area (TPSA) is 93.5 Å². The molecule has 1 unspecified atom stereocenters. The van der Waals surface area contributed by atoms with Gasteiger partial charge in [-0.2, -0.15) is 0 Å². The van der Waals surface area contributed by atoms with Crippen molar-refractivity contribution >= 4 is 23.5 Å². The largest absolute Gasteiger partial charge is 0.495 e. The van der Waals surface area contributed by atoms with Gasteiger partial charge in [-0.05, 0) is 36.8 Å². The van der Waals surface area contributed by atoms with E-state index in [9.17, 15) is 13.6 Å². The standard InChI is InChI=1S/C28H26F2N6O4/c1-16-10-34(15-32-16)23-5-4-18(6-24(23)38-3)7-25-26-33-40-28(11-31-22-9-21(30)20(29)8-19(22)28)36(26)14-27(39-25)12-35(13-27)17(2)37/h4-10,15,31H,11-14H2,1-3H3/b25-7-. The Balaban J connectivity index is 1.29. The van der Waals surface area contributed by atoms with E-state index in [0.29, 0.717) is 48.2 Å². The van der Waals surface area contributed by atoms with Gasteiger partial charge >= 0.3 is 0 Å². The van der Waals surface area contributed by atoms with Gasteiger partial charge in [0.1, 0.15) is 5.75 Å². The number of imidazole rings is 1. The first kappa shape index (κ1) is 24.4. The second kappa shape index (κ2) is 8.44. The fourth-order valence-corrected chi connectivity index (χ4v) is 5.85. The van der Waals surface area contributed by atoms with E-state index in [4.69, 9.17) is 14.3 Å². The Morgan fingerprint density at radius 2 is 1.98 bits per heavy atom. The molecular weight excluding hydrogens is 522 g/mol. The Morgan fingerprint density at radius 1 is 1.18 bits per heavy atom. The molecule has 206 valence electrons. The van der Waals surface area contributed by atoms with Crippen LogP contribution in [0.2, 0.25) is 0 Å². The number of aryl methyl sites for hydroxylation is 1. The number of likely N-dealkylation sites (tertiary alicyclic amines) is 1. The highest BCUT2D eigenvalue weighted by atomic mass is 19.2. The maximum Gasteiger partial charge on any atom is 0.256 e. The number of nitrogens with zero attached hydrogens (tertiary/aromatic N) is 5. The third kappa shape index (κ3) is 3.55. The molecule has 10 nitrogen and oxygen atoms in total. The number of amidine groups is 1. The first-order chi connectivity index (χ1) is 19.2. The first-order valence-electron chi connectivity index (χ1n) is 12.8. The van der Waals surface area contributed by atoms with Crippen LogP contribution in [0.25, 0.3) is 11.8 Å². The fourth-order valence-electron chi connectivity index (χ4n) is 5.85. The van der Waals surface area contributed by atoms with Gasteiger partial charge in [0, 0.05) is 30.4 Å². The zero-order valence-corrected chi connectivity index (χ0v) is 22.1. The first-order valence-corrected chi connectivity index (χ1v) is 12.8. The number of amides is 1. The summed E-state index contributed by atoms with van der Waals surface area (Å²) in [5.74, 6) is -0.458. The Morgan fingerprint density at radius 3 is 2.70 bits per heavy atom. The van der Waals surface area contributed by atoms with Crippen molar-refractivity contribution in [3.8, 4) is 11.4 Å². The molecule has 0 radical (unpaired) electrons. The SMILES string of the molecule is COc1cc(/C=C2\OC3(CN(C(C)=O)C3)CN3C2=NOC32CNc3cc(F)c(F)cc32)ccc1-n1cnc(C)c1. The van der Waals surface area contributed by atoms with Crippen molar-refractivity contribution in [2.45, 2.75) is 25.2 Å². The van der Waals surface area contributed by atoms with Crippen molar-refractivity contribution < 1.29 is 27.9 Å². The lowest BCUT2D eigenvalue weighted by Gasteiger charge is -2.55. The zero-order valence-electron chi connectivity index (χ0n) is 22.1. The van der Waals surface area contributed by atoms with E-state index in [1.165, 1.54) is 6.92 Å². The number of carbonyl (C=O) groups is 1. The Labute approximate surface area is 228 Å². The molecule has 1 atom stereocenters. The molecule has 40 heavy (non-hydrogen) atoms. The molecule has 1 N–H and O–H groups in total. The van der Waals surface area contributed by atoms with Gasteiger partial charge in [0.15, 0.2) is 23.0 Å². The summed E-state index contributed by atoms with van der Waals surface area (Å²) >= 11 is 0. The van der Waals surface area contributed by atoms with E-state index in [1.54, 1.807) is 18.3 Å². The van der Waals surface area contributed by atoms with E-state index in [0.717, 1.165) is 29.1 Å². The summed E-state index contributed by atoms with van der Waals surface area (Å²) in [7, 11) is 1.60. The molecule has 4 aliphatic rings. The van der Waals surface area contributed by atoms with Crippen LogP contribution in [0, 0.1) is 18.6 Å². The number of hydrogen-bond acceptors (Lipinski definition) is 8. The number of carbonyl (C=O) groups excluding carboxylic acids is 1. The molecule has 4 aliphatic heterocycles. The van der Waals surface area contributed by atoms with Crippen LogP contribution >= 0.6 is 0 Å². The molecule has 2 aromatic carbocycles. The number of nitrogens with one attached hydrogen (secondary N) is 1. The number of anilines is 1. The third-order valence-corrected chi connectivity index (χ3v) is 7.86. The van der Waals surface area contributed by atoms with E-state index in [1.807, 2.05) is 46.9 Å². The molecule has 2 spiro atoms. The van der Waals surface area contributed by atoms with Gasteiger partial charge in [-0.15, -0.1) is 0 Å². The Hall–Kier alpha value is -4.61. The number of ether oxygens (including phenoxy) is 2. The molecule has 1 amide bonds. The second-order valence-corrected chi connectivity index (χ2v) is 10.6. The van der Waals surface area contributed by atoms with Crippen LogP contribution in [0.15, 0.2) is 53.8 Å². The van der Waals surface area contributed by atoms with Gasteiger partial charge in [0.2, 0.25) is 11.7 Å². The summed E-state index contributed by atoms with van der Waals surface area (Å²) in [4.78, 5) is 26.0. The monoisotopic (exact) mass is 548 g/mol. The summed E-state index contributed by atoms with van der Waals surface area (Å²) in [5, 5.41) is 7.51. The Kier molecular flexibility index (Phi) is 5.16. The van der Waals surface area contributed by atoms with E-state index >= 15 is 0 Å². The Bertz CT molecular complexity index is 1630. The highest BCUT2D eigenvalue weighted by Crippen LogP contribution is 2.49. The lowest BCUT2D eigenvalue weighted by atomic mass is 9.89. The minimum Gasteiger partial charge on any atom is -0.495 e. The average Bonchev–Trinajstić information content (AvgIpc) is 3.61. The number of methoxy groups -OCH3 is 1. The lowest BCUT2D eigenvalue weighted by Crippen LogP contribution is -2.72. The molecule has 0 bridgehead atoms. The van der Waals surface area contributed by atoms with Crippen molar-refractivity contribution in [2.24, 2.45) is 5.16 Å². The van der Waals surface area contributed by atoms with Crippen molar-refractivity contribution in [2.75, 3.05) is 38.6 Å².